The van der Waals surface area contributed by atoms with Crippen molar-refractivity contribution in [3.05, 3.63) is 36.5 Å². The molecule has 0 radical (unpaired) electrons. The minimum absolute atomic E-state index is 0.0193. The first-order chi connectivity index (χ1) is 15.5. The number of imidazole rings is 1. The quantitative estimate of drug-likeness (QED) is 0.427. The molecule has 0 aromatic carbocycles. The van der Waals surface area contributed by atoms with Gasteiger partial charge in [0.1, 0.15) is 5.69 Å². The Morgan fingerprint density at radius 2 is 2.03 bits per heavy atom. The van der Waals surface area contributed by atoms with Gasteiger partial charge in [-0.1, -0.05) is 6.92 Å². The van der Waals surface area contributed by atoms with Crippen LogP contribution in [0.2, 0.25) is 0 Å². The number of piperidine rings is 1. The maximum Gasteiger partial charge on any atom is 0.281 e. The molecule has 178 valence electrons. The molecule has 1 saturated heterocycles. The Bertz CT molecular complexity index is 1260. The summed E-state index contributed by atoms with van der Waals surface area (Å²) in [4.78, 5) is 18.3. The number of nitrogens with zero attached hydrogens (tertiary/aromatic N) is 6. The van der Waals surface area contributed by atoms with Gasteiger partial charge < -0.3 is 4.90 Å². The highest BCUT2D eigenvalue weighted by atomic mass is 32.2. The van der Waals surface area contributed by atoms with Crippen LogP contribution in [0.4, 0.5) is 23.5 Å². The third-order valence-electron chi connectivity index (χ3n) is 5.60. The van der Waals surface area contributed by atoms with Crippen LogP contribution in [0.25, 0.3) is 17.0 Å². The molecule has 3 aromatic rings. The summed E-state index contributed by atoms with van der Waals surface area (Å²) in [5.74, 6) is -1.43. The van der Waals surface area contributed by atoms with Crippen LogP contribution in [0.5, 0.6) is 0 Å². The number of halogens is 4. The molecule has 0 aliphatic carbocycles. The zero-order valence-corrected chi connectivity index (χ0v) is 18.8. The molecule has 1 fully saturated rings. The molecule has 33 heavy (non-hydrogen) atoms. The first kappa shape index (κ1) is 23.4. The van der Waals surface area contributed by atoms with Gasteiger partial charge in [-0.2, -0.15) is 0 Å². The molecule has 4 heterocycles. The van der Waals surface area contributed by atoms with Crippen molar-refractivity contribution >= 4 is 27.2 Å². The zero-order chi connectivity index (χ0) is 24.0. The number of nitrogens with one attached hydrogen (secondary N) is 1. The van der Waals surface area contributed by atoms with Crippen LogP contribution in [-0.4, -0.2) is 66.2 Å². The zero-order valence-electron chi connectivity index (χ0n) is 18.0. The first-order valence-corrected chi connectivity index (χ1v) is 12.2. The predicted octanol–water partition coefficient (Wildman–Crippen LogP) is 2.68. The van der Waals surface area contributed by atoms with Crippen LogP contribution >= 0.6 is 0 Å². The minimum Gasteiger partial charge on any atom is -0.340 e. The molecule has 3 atom stereocenters. The van der Waals surface area contributed by atoms with Crippen molar-refractivity contribution in [3.8, 4) is 11.4 Å². The fourth-order valence-corrected chi connectivity index (χ4v) is 4.36. The van der Waals surface area contributed by atoms with Crippen molar-refractivity contribution < 1.29 is 21.8 Å². The fourth-order valence-electron chi connectivity index (χ4n) is 3.81. The van der Waals surface area contributed by atoms with Gasteiger partial charge in [-0.3, -0.25) is 8.61 Å². The normalized spacial score (nSPS) is 22.6. The standard InChI is InChI=1S/C20H23F4N7OS/c1-12-9-30(10-13(20(12,23)24)6-28-33(2,3)32)19-25-5-4-14(29-19)16-7-27-17-8-26-15(18(21)22)11-31(16)17/h4-5,7-8,11-13,18H,2,6,9-10H2,1,3H3,(H,28,32). The Labute approximate surface area is 188 Å². The van der Waals surface area contributed by atoms with Gasteiger partial charge in [0.15, 0.2) is 5.65 Å². The second kappa shape index (κ2) is 8.52. The highest BCUT2D eigenvalue weighted by Gasteiger charge is 2.49. The summed E-state index contributed by atoms with van der Waals surface area (Å²) in [6.07, 6.45) is 4.00. The molecular weight excluding hydrogens is 462 g/mol. The predicted molar refractivity (Wildman–Crippen MR) is 118 cm³/mol. The summed E-state index contributed by atoms with van der Waals surface area (Å²) >= 11 is 0. The summed E-state index contributed by atoms with van der Waals surface area (Å²) in [6, 6.07) is 1.59. The largest absolute Gasteiger partial charge is 0.340 e. The van der Waals surface area contributed by atoms with Crippen molar-refractivity contribution in [1.29, 1.82) is 0 Å². The molecule has 0 saturated carbocycles. The van der Waals surface area contributed by atoms with E-state index in [4.69, 9.17) is 0 Å². The molecule has 0 bridgehead atoms. The second-order valence-corrected chi connectivity index (χ2v) is 10.6. The second-order valence-electron chi connectivity index (χ2n) is 8.26. The van der Waals surface area contributed by atoms with E-state index in [1.54, 1.807) is 11.0 Å². The number of hydrogen-bond donors (Lipinski definition) is 1. The van der Waals surface area contributed by atoms with E-state index >= 15 is 0 Å². The average molecular weight is 486 g/mol. The molecule has 3 aromatic heterocycles. The van der Waals surface area contributed by atoms with Crippen molar-refractivity contribution in [2.24, 2.45) is 11.8 Å². The average Bonchev–Trinajstić information content (AvgIpc) is 3.17. The van der Waals surface area contributed by atoms with E-state index in [9.17, 15) is 21.8 Å². The topological polar surface area (TPSA) is 88.3 Å². The molecule has 13 heteroatoms. The molecule has 1 N–H and O–H groups in total. The Balaban J connectivity index is 1.65. The number of hydrogen-bond acceptors (Lipinski definition) is 6. The van der Waals surface area contributed by atoms with Gasteiger partial charge in [0.25, 0.3) is 12.3 Å². The van der Waals surface area contributed by atoms with E-state index in [1.165, 1.54) is 42.4 Å². The van der Waals surface area contributed by atoms with Crippen molar-refractivity contribution in [3.63, 3.8) is 0 Å². The van der Waals surface area contributed by atoms with Gasteiger partial charge in [0.05, 0.1) is 29.7 Å². The summed E-state index contributed by atoms with van der Waals surface area (Å²) in [6.45, 7) is 1.23. The Morgan fingerprint density at radius 3 is 2.73 bits per heavy atom. The third kappa shape index (κ3) is 4.78. The lowest BCUT2D eigenvalue weighted by Gasteiger charge is -2.42. The Hall–Kier alpha value is -2.80. The summed E-state index contributed by atoms with van der Waals surface area (Å²) in [5, 5.41) is 0. The lowest BCUT2D eigenvalue weighted by Crippen LogP contribution is -2.56. The van der Waals surface area contributed by atoms with Crippen molar-refractivity contribution in [1.82, 2.24) is 29.1 Å². The molecule has 4 rings (SSSR count). The van der Waals surface area contributed by atoms with Crippen LogP contribution in [0, 0.1) is 11.8 Å². The van der Waals surface area contributed by atoms with E-state index in [-0.39, 0.29) is 25.6 Å². The van der Waals surface area contributed by atoms with E-state index in [1.807, 2.05) is 0 Å². The van der Waals surface area contributed by atoms with Gasteiger partial charge >= 0.3 is 0 Å². The minimum atomic E-state index is -2.98. The monoisotopic (exact) mass is 485 g/mol. The highest BCUT2D eigenvalue weighted by molar-refractivity contribution is 7.97. The molecule has 3 unspecified atom stereocenters. The maximum absolute atomic E-state index is 14.8. The van der Waals surface area contributed by atoms with E-state index in [2.05, 4.69) is 30.5 Å². The van der Waals surface area contributed by atoms with Gasteiger partial charge in [-0.25, -0.2) is 42.2 Å². The van der Waals surface area contributed by atoms with Gasteiger partial charge in [-0.05, 0) is 11.9 Å². The van der Waals surface area contributed by atoms with Crippen LogP contribution in [0.1, 0.15) is 19.0 Å². The third-order valence-corrected chi connectivity index (χ3v) is 6.38. The van der Waals surface area contributed by atoms with E-state index in [0.29, 0.717) is 17.0 Å². The molecule has 0 amide bonds. The SMILES string of the molecule is C=S(C)(=O)NCC1CN(c2nccc(-c3cnc4cnc(C(F)F)cn34)n2)CC(C)C1(F)F. The summed E-state index contributed by atoms with van der Waals surface area (Å²) in [7, 11) is -2.64. The molecular formula is C20H23F4N7OS. The highest BCUT2D eigenvalue weighted by Crippen LogP contribution is 2.38. The molecule has 1 aliphatic rings. The van der Waals surface area contributed by atoms with Gasteiger partial charge in [-0.15, -0.1) is 0 Å². The van der Waals surface area contributed by atoms with E-state index < -0.39 is 39.6 Å². The lowest BCUT2D eigenvalue weighted by atomic mass is 9.86. The number of aromatic nitrogens is 5. The smallest absolute Gasteiger partial charge is 0.281 e. The number of rotatable bonds is 6. The molecule has 1 aliphatic heterocycles. The van der Waals surface area contributed by atoms with Crippen LogP contribution in [0.3, 0.4) is 0 Å². The van der Waals surface area contributed by atoms with Crippen LogP contribution in [0.15, 0.2) is 30.9 Å². The number of anilines is 1. The molecule has 0 spiro atoms. The van der Waals surface area contributed by atoms with E-state index in [0.717, 1.165) is 0 Å². The first-order valence-electron chi connectivity index (χ1n) is 10.1. The Kier molecular flexibility index (Phi) is 6.03. The van der Waals surface area contributed by atoms with Crippen molar-refractivity contribution in [2.75, 3.05) is 30.8 Å². The fraction of sp³-hybridized carbons (Fsp3) is 0.450. The maximum atomic E-state index is 14.8. The number of fused-ring (bicyclic) bond motifs is 1. The number of alkyl halides is 4. The van der Waals surface area contributed by atoms with Gasteiger partial charge in [0.2, 0.25) is 5.95 Å². The van der Waals surface area contributed by atoms with Crippen LogP contribution < -0.4 is 9.62 Å². The Morgan fingerprint density at radius 1 is 1.27 bits per heavy atom. The lowest BCUT2D eigenvalue weighted by molar-refractivity contribution is -0.109. The van der Waals surface area contributed by atoms with Crippen LogP contribution in [-0.2, 0) is 9.71 Å². The molecule has 8 nitrogen and oxygen atoms in total. The van der Waals surface area contributed by atoms with Crippen molar-refractivity contribution in [2.45, 2.75) is 19.3 Å². The van der Waals surface area contributed by atoms with Gasteiger partial charge in [0, 0.05) is 53.9 Å². The summed E-state index contributed by atoms with van der Waals surface area (Å²) in [5.41, 5.74) is 0.793. The summed E-state index contributed by atoms with van der Waals surface area (Å²) < 4.78 is 71.7.